The zero-order valence-electron chi connectivity index (χ0n) is 19.3. The smallest absolute Gasteiger partial charge is 0.330 e. The molecule has 0 saturated carbocycles. The molecule has 0 N–H and O–H groups in total. The van der Waals surface area contributed by atoms with Crippen molar-refractivity contribution in [3.05, 3.63) is 59.2 Å². The average molecular weight is 411 g/mol. The van der Waals surface area contributed by atoms with Gasteiger partial charge in [0.2, 0.25) is 0 Å². The summed E-state index contributed by atoms with van der Waals surface area (Å²) < 4.78 is 17.1. The second-order valence-electron chi connectivity index (χ2n) is 7.86. The van der Waals surface area contributed by atoms with Crippen LogP contribution in [0.25, 0.3) is 11.1 Å². The number of esters is 1. The molecule has 162 valence electrons. The maximum atomic E-state index is 11.5. The minimum atomic E-state index is -0.334. The van der Waals surface area contributed by atoms with Crippen molar-refractivity contribution in [3.8, 4) is 11.5 Å². The van der Waals surface area contributed by atoms with Crippen LogP contribution in [0.3, 0.4) is 0 Å². The van der Waals surface area contributed by atoms with Crippen molar-refractivity contribution in [1.82, 2.24) is 0 Å². The summed E-state index contributed by atoms with van der Waals surface area (Å²) in [6.07, 6.45) is 10.5. The first-order chi connectivity index (χ1) is 14.2. The lowest BCUT2D eigenvalue weighted by atomic mass is 9.90. The highest BCUT2D eigenvalue weighted by atomic mass is 16.5. The van der Waals surface area contributed by atoms with Gasteiger partial charge >= 0.3 is 5.97 Å². The van der Waals surface area contributed by atoms with Crippen LogP contribution in [0.1, 0.15) is 66.0 Å². The van der Waals surface area contributed by atoms with E-state index in [0.29, 0.717) is 13.2 Å². The van der Waals surface area contributed by atoms with Crippen LogP contribution in [0.2, 0.25) is 0 Å². The fourth-order valence-electron chi connectivity index (χ4n) is 3.43. The SMILES string of the molecule is CCOC(=O)/C=C(C)/C=C/C=C(/C)c1cc2c(cc1OCC)OC(C)(C)C=C2CC. The van der Waals surface area contributed by atoms with E-state index in [9.17, 15) is 4.79 Å². The first-order valence-electron chi connectivity index (χ1n) is 10.6. The molecular weight excluding hydrogens is 376 g/mol. The molecule has 30 heavy (non-hydrogen) atoms. The van der Waals surface area contributed by atoms with Crippen molar-refractivity contribution in [2.24, 2.45) is 0 Å². The third kappa shape index (κ3) is 6.12. The molecule has 0 bridgehead atoms. The van der Waals surface area contributed by atoms with Gasteiger partial charge < -0.3 is 14.2 Å². The van der Waals surface area contributed by atoms with Crippen molar-refractivity contribution in [2.75, 3.05) is 13.2 Å². The van der Waals surface area contributed by atoms with Crippen LogP contribution >= 0.6 is 0 Å². The Bertz CT molecular complexity index is 898. The van der Waals surface area contributed by atoms with Crippen LogP contribution < -0.4 is 9.47 Å². The van der Waals surface area contributed by atoms with Crippen LogP contribution in [-0.2, 0) is 9.53 Å². The monoisotopic (exact) mass is 410 g/mol. The number of rotatable bonds is 8. The van der Waals surface area contributed by atoms with Gasteiger partial charge in [0.05, 0.1) is 13.2 Å². The number of ether oxygens (including phenoxy) is 3. The van der Waals surface area contributed by atoms with Crippen LogP contribution in [0.5, 0.6) is 11.5 Å². The summed E-state index contributed by atoms with van der Waals surface area (Å²) in [4.78, 5) is 11.5. The topological polar surface area (TPSA) is 44.8 Å². The second kappa shape index (κ2) is 10.3. The van der Waals surface area contributed by atoms with E-state index in [4.69, 9.17) is 14.2 Å². The molecule has 0 aromatic heterocycles. The van der Waals surface area contributed by atoms with Gasteiger partial charge in [-0.3, -0.25) is 0 Å². The molecule has 0 aliphatic carbocycles. The summed E-state index contributed by atoms with van der Waals surface area (Å²) in [5, 5.41) is 0. The number of fused-ring (bicyclic) bond motifs is 1. The summed E-state index contributed by atoms with van der Waals surface area (Å²) in [5.74, 6) is 1.35. The van der Waals surface area contributed by atoms with E-state index in [1.807, 2.05) is 38.1 Å². The lowest BCUT2D eigenvalue weighted by Gasteiger charge is -2.32. The Morgan fingerprint density at radius 3 is 2.50 bits per heavy atom. The summed E-state index contributed by atoms with van der Waals surface area (Å²) >= 11 is 0. The molecule has 0 amide bonds. The van der Waals surface area contributed by atoms with Gasteiger partial charge in [0, 0.05) is 23.3 Å². The van der Waals surface area contributed by atoms with Crippen LogP contribution in [0.15, 0.2) is 48.1 Å². The number of hydrogen-bond acceptors (Lipinski definition) is 4. The molecular formula is C26H34O4. The molecule has 1 aliphatic rings. The summed E-state index contributed by atoms with van der Waals surface area (Å²) in [7, 11) is 0. The van der Waals surface area contributed by atoms with Gasteiger partial charge in [-0.05, 0) is 76.8 Å². The molecule has 0 atom stereocenters. The molecule has 4 heteroatoms. The van der Waals surface area contributed by atoms with Crippen LogP contribution in [-0.4, -0.2) is 24.8 Å². The number of allylic oxidation sites excluding steroid dienone is 6. The molecule has 0 unspecified atom stereocenters. The molecule has 0 fully saturated rings. The van der Waals surface area contributed by atoms with Crippen molar-refractivity contribution in [3.63, 3.8) is 0 Å². The van der Waals surface area contributed by atoms with Gasteiger partial charge in [0.15, 0.2) is 0 Å². The van der Waals surface area contributed by atoms with Crippen LogP contribution in [0.4, 0.5) is 0 Å². The number of hydrogen-bond donors (Lipinski definition) is 0. The zero-order chi connectivity index (χ0) is 22.3. The lowest BCUT2D eigenvalue weighted by Crippen LogP contribution is -2.29. The van der Waals surface area contributed by atoms with E-state index in [0.717, 1.165) is 40.2 Å². The molecule has 0 saturated heterocycles. The predicted molar refractivity (Wildman–Crippen MR) is 124 cm³/mol. The van der Waals surface area contributed by atoms with Crippen LogP contribution in [0, 0.1) is 0 Å². The first-order valence-corrected chi connectivity index (χ1v) is 10.6. The molecule has 0 spiro atoms. The normalized spacial score (nSPS) is 16.0. The van der Waals surface area contributed by atoms with Gasteiger partial charge in [-0.2, -0.15) is 0 Å². The van der Waals surface area contributed by atoms with Gasteiger partial charge in [0.25, 0.3) is 0 Å². The number of benzene rings is 1. The maximum absolute atomic E-state index is 11.5. The molecule has 2 rings (SSSR count). The first kappa shape index (κ1) is 23.5. The molecule has 1 aromatic carbocycles. The average Bonchev–Trinajstić information content (AvgIpc) is 2.66. The number of carbonyl (C=O) groups is 1. The highest BCUT2D eigenvalue weighted by Gasteiger charge is 2.27. The van der Waals surface area contributed by atoms with Gasteiger partial charge in [-0.15, -0.1) is 0 Å². The Kier molecular flexibility index (Phi) is 8.10. The largest absolute Gasteiger partial charge is 0.493 e. The minimum absolute atomic E-state index is 0.324. The van der Waals surface area contributed by atoms with Crippen molar-refractivity contribution >= 4 is 17.1 Å². The summed E-state index contributed by atoms with van der Waals surface area (Å²) in [6.45, 7) is 15.0. The quantitative estimate of drug-likeness (QED) is 0.278. The van der Waals surface area contributed by atoms with E-state index < -0.39 is 0 Å². The minimum Gasteiger partial charge on any atom is -0.493 e. The molecule has 1 aromatic rings. The summed E-state index contributed by atoms with van der Waals surface area (Å²) in [5.41, 5.74) is 5.00. The van der Waals surface area contributed by atoms with Gasteiger partial charge in [-0.25, -0.2) is 4.79 Å². The highest BCUT2D eigenvalue weighted by Crippen LogP contribution is 2.42. The van der Waals surface area contributed by atoms with E-state index in [1.165, 1.54) is 11.6 Å². The Hall–Kier alpha value is -2.75. The van der Waals surface area contributed by atoms with Crippen molar-refractivity contribution in [2.45, 2.75) is 60.5 Å². The molecule has 4 nitrogen and oxygen atoms in total. The predicted octanol–water partition coefficient (Wildman–Crippen LogP) is 6.52. The van der Waals surface area contributed by atoms with E-state index in [2.05, 4.69) is 39.8 Å². The Morgan fingerprint density at radius 1 is 1.13 bits per heavy atom. The van der Waals surface area contributed by atoms with Crippen molar-refractivity contribution in [1.29, 1.82) is 0 Å². The standard InChI is InChI=1S/C26H34O4/c1-8-20-17-26(6,7)30-24-16-23(28-9-2)21(15-22(20)24)19(5)13-11-12-18(4)14-25(27)29-10-3/h11-17H,8-10H2,1-7H3/b12-11+,18-14+,19-13-. The number of carbonyl (C=O) groups excluding carboxylic acids is 1. The van der Waals surface area contributed by atoms with E-state index >= 15 is 0 Å². The van der Waals surface area contributed by atoms with E-state index in [-0.39, 0.29) is 11.6 Å². The maximum Gasteiger partial charge on any atom is 0.330 e. The van der Waals surface area contributed by atoms with Gasteiger partial charge in [0.1, 0.15) is 17.1 Å². The Morgan fingerprint density at radius 2 is 1.87 bits per heavy atom. The fraction of sp³-hybridized carbons (Fsp3) is 0.423. The Labute approximate surface area is 180 Å². The molecule has 1 heterocycles. The lowest BCUT2D eigenvalue weighted by molar-refractivity contribution is -0.137. The third-order valence-electron chi connectivity index (χ3n) is 4.77. The Balaban J connectivity index is 2.39. The van der Waals surface area contributed by atoms with Crippen molar-refractivity contribution < 1.29 is 19.0 Å². The third-order valence-corrected chi connectivity index (χ3v) is 4.77. The van der Waals surface area contributed by atoms with Gasteiger partial charge in [-0.1, -0.05) is 25.2 Å². The fourth-order valence-corrected chi connectivity index (χ4v) is 3.43. The highest BCUT2D eigenvalue weighted by molar-refractivity contribution is 5.83. The molecule has 0 radical (unpaired) electrons. The molecule has 1 aliphatic heterocycles. The zero-order valence-corrected chi connectivity index (χ0v) is 19.3. The summed E-state index contributed by atoms with van der Waals surface area (Å²) in [6, 6.07) is 4.16. The second-order valence-corrected chi connectivity index (χ2v) is 7.86. The van der Waals surface area contributed by atoms with E-state index in [1.54, 1.807) is 6.92 Å².